The maximum Gasteiger partial charge on any atom is 0.253 e. The van der Waals surface area contributed by atoms with E-state index in [4.69, 9.17) is 14.2 Å². The third kappa shape index (κ3) is 5.47. The minimum absolute atomic E-state index is 0.0333. The zero-order valence-corrected chi connectivity index (χ0v) is 16.0. The highest BCUT2D eigenvalue weighted by Gasteiger charge is 2.16. The van der Waals surface area contributed by atoms with Crippen molar-refractivity contribution in [1.82, 2.24) is 4.90 Å². The molecule has 1 atom stereocenters. The number of amides is 1. The van der Waals surface area contributed by atoms with Crippen molar-refractivity contribution in [2.45, 2.75) is 25.9 Å². The normalized spacial score (nSPS) is 16.1. The Balaban J connectivity index is 1.45. The molecule has 1 fully saturated rings. The maximum atomic E-state index is 12.5. The number of para-hydroxylation sites is 1. The lowest BCUT2D eigenvalue weighted by Crippen LogP contribution is -2.30. The molecule has 1 aliphatic heterocycles. The van der Waals surface area contributed by atoms with Crippen LogP contribution in [-0.2, 0) is 4.74 Å². The van der Waals surface area contributed by atoms with E-state index in [2.05, 4.69) is 0 Å². The molecule has 27 heavy (non-hydrogen) atoms. The molecule has 0 aromatic heterocycles. The monoisotopic (exact) mass is 369 g/mol. The molecule has 0 bridgehead atoms. The molecule has 5 nitrogen and oxygen atoms in total. The fourth-order valence-corrected chi connectivity index (χ4v) is 2.99. The van der Waals surface area contributed by atoms with Crippen LogP contribution in [0.3, 0.4) is 0 Å². The fraction of sp³-hybridized carbons (Fsp3) is 0.409. The van der Waals surface area contributed by atoms with E-state index in [-0.39, 0.29) is 12.0 Å². The zero-order valence-electron chi connectivity index (χ0n) is 16.0. The van der Waals surface area contributed by atoms with Gasteiger partial charge in [0, 0.05) is 19.2 Å². The molecule has 1 aliphatic rings. The maximum absolute atomic E-state index is 12.5. The minimum atomic E-state index is -0.0333. The Morgan fingerprint density at radius 1 is 1.15 bits per heavy atom. The van der Waals surface area contributed by atoms with Gasteiger partial charge in [0.15, 0.2) is 0 Å². The van der Waals surface area contributed by atoms with Gasteiger partial charge >= 0.3 is 0 Å². The van der Waals surface area contributed by atoms with Crippen molar-refractivity contribution in [2.24, 2.45) is 0 Å². The molecule has 1 amide bonds. The molecule has 1 unspecified atom stereocenters. The van der Waals surface area contributed by atoms with E-state index < -0.39 is 0 Å². The Morgan fingerprint density at radius 3 is 2.63 bits per heavy atom. The van der Waals surface area contributed by atoms with Gasteiger partial charge in [0.1, 0.15) is 24.7 Å². The van der Waals surface area contributed by atoms with E-state index in [9.17, 15) is 4.79 Å². The molecule has 1 saturated heterocycles. The highest BCUT2D eigenvalue weighted by molar-refractivity contribution is 5.94. The Bertz CT molecular complexity index is 738. The first-order valence-corrected chi connectivity index (χ1v) is 9.42. The first-order valence-electron chi connectivity index (χ1n) is 9.42. The predicted octanol–water partition coefficient (Wildman–Crippen LogP) is 3.70. The van der Waals surface area contributed by atoms with Crippen LogP contribution in [0.2, 0.25) is 0 Å². The predicted molar refractivity (Wildman–Crippen MR) is 105 cm³/mol. The zero-order chi connectivity index (χ0) is 19.1. The lowest BCUT2D eigenvalue weighted by Gasteiger charge is -2.18. The molecule has 2 aromatic rings. The van der Waals surface area contributed by atoms with Crippen molar-refractivity contribution in [2.75, 3.05) is 33.4 Å². The third-order valence-electron chi connectivity index (χ3n) is 4.69. The lowest BCUT2D eigenvalue weighted by atomic mass is 10.2. The quantitative estimate of drug-likeness (QED) is 0.712. The smallest absolute Gasteiger partial charge is 0.253 e. The Kier molecular flexibility index (Phi) is 6.71. The van der Waals surface area contributed by atoms with Gasteiger partial charge in [-0.15, -0.1) is 0 Å². The summed E-state index contributed by atoms with van der Waals surface area (Å²) in [5.41, 5.74) is 1.72. The Hall–Kier alpha value is -2.53. The van der Waals surface area contributed by atoms with E-state index in [1.807, 2.05) is 43.3 Å². The van der Waals surface area contributed by atoms with Gasteiger partial charge in [-0.2, -0.15) is 0 Å². The summed E-state index contributed by atoms with van der Waals surface area (Å²) in [4.78, 5) is 14.2. The van der Waals surface area contributed by atoms with Crippen molar-refractivity contribution in [3.8, 4) is 11.5 Å². The van der Waals surface area contributed by atoms with Crippen LogP contribution in [0.5, 0.6) is 11.5 Å². The second-order valence-electron chi connectivity index (χ2n) is 6.81. The van der Waals surface area contributed by atoms with Gasteiger partial charge in [0.05, 0.1) is 12.6 Å². The summed E-state index contributed by atoms with van der Waals surface area (Å²) in [6.07, 6.45) is 2.33. The van der Waals surface area contributed by atoms with Gasteiger partial charge in [-0.05, 0) is 55.7 Å². The van der Waals surface area contributed by atoms with Gasteiger partial charge in [-0.1, -0.05) is 18.2 Å². The van der Waals surface area contributed by atoms with Crippen LogP contribution in [0.25, 0.3) is 0 Å². The minimum Gasteiger partial charge on any atom is -0.491 e. The number of rotatable bonds is 8. The average molecular weight is 369 g/mol. The highest BCUT2D eigenvalue weighted by atomic mass is 16.5. The number of benzene rings is 2. The number of nitrogens with zero attached hydrogens (tertiary/aromatic N) is 1. The number of carbonyl (C=O) groups is 1. The molecule has 0 N–H and O–H groups in total. The second-order valence-corrected chi connectivity index (χ2v) is 6.81. The van der Waals surface area contributed by atoms with Crippen molar-refractivity contribution < 1.29 is 19.0 Å². The average Bonchev–Trinajstić information content (AvgIpc) is 3.21. The molecule has 0 aliphatic carbocycles. The summed E-state index contributed by atoms with van der Waals surface area (Å²) in [6, 6.07) is 15.1. The van der Waals surface area contributed by atoms with E-state index in [0.29, 0.717) is 25.3 Å². The molecule has 144 valence electrons. The summed E-state index contributed by atoms with van der Waals surface area (Å²) >= 11 is 0. The molecule has 0 spiro atoms. The van der Waals surface area contributed by atoms with Crippen molar-refractivity contribution in [3.63, 3.8) is 0 Å². The van der Waals surface area contributed by atoms with E-state index in [0.717, 1.165) is 36.5 Å². The largest absolute Gasteiger partial charge is 0.491 e. The van der Waals surface area contributed by atoms with E-state index >= 15 is 0 Å². The van der Waals surface area contributed by atoms with E-state index in [1.54, 1.807) is 24.1 Å². The number of hydrogen-bond donors (Lipinski definition) is 0. The van der Waals surface area contributed by atoms with Crippen molar-refractivity contribution >= 4 is 5.91 Å². The van der Waals surface area contributed by atoms with Gasteiger partial charge in [0.25, 0.3) is 5.91 Å². The topological polar surface area (TPSA) is 48.0 Å². The van der Waals surface area contributed by atoms with Crippen molar-refractivity contribution in [1.29, 1.82) is 0 Å². The molecular formula is C22H27NO4. The molecule has 2 aromatic carbocycles. The van der Waals surface area contributed by atoms with Gasteiger partial charge in [-0.25, -0.2) is 0 Å². The summed E-state index contributed by atoms with van der Waals surface area (Å²) in [5, 5.41) is 0. The molecule has 5 heteroatoms. The number of likely N-dealkylation sites (N-methyl/N-ethyl adjacent to an activating group) is 1. The van der Waals surface area contributed by atoms with Crippen molar-refractivity contribution in [3.05, 3.63) is 59.7 Å². The fourth-order valence-electron chi connectivity index (χ4n) is 2.99. The number of carbonyl (C=O) groups excluding carboxylic acids is 1. The number of hydrogen-bond acceptors (Lipinski definition) is 4. The third-order valence-corrected chi connectivity index (χ3v) is 4.69. The van der Waals surface area contributed by atoms with Gasteiger partial charge in [0.2, 0.25) is 0 Å². The molecule has 1 heterocycles. The SMILES string of the molecule is Cc1ccccc1OCCN(C)C(=O)c1ccc(OCC2CCCO2)cc1. The lowest BCUT2D eigenvalue weighted by molar-refractivity contribution is 0.0679. The van der Waals surface area contributed by atoms with Crippen LogP contribution in [0.15, 0.2) is 48.5 Å². The summed E-state index contributed by atoms with van der Waals surface area (Å²) in [7, 11) is 1.78. The van der Waals surface area contributed by atoms with Crippen LogP contribution in [0.1, 0.15) is 28.8 Å². The van der Waals surface area contributed by atoms with Crippen LogP contribution >= 0.6 is 0 Å². The molecule has 3 rings (SSSR count). The number of ether oxygens (including phenoxy) is 3. The summed E-state index contributed by atoms with van der Waals surface area (Å²) < 4.78 is 17.1. The Morgan fingerprint density at radius 2 is 1.93 bits per heavy atom. The van der Waals surface area contributed by atoms with E-state index in [1.165, 1.54) is 0 Å². The van der Waals surface area contributed by atoms with Crippen LogP contribution in [0, 0.1) is 6.92 Å². The van der Waals surface area contributed by atoms with Crippen LogP contribution in [0.4, 0.5) is 0 Å². The second kappa shape index (κ2) is 9.42. The molecular weight excluding hydrogens is 342 g/mol. The number of aryl methyl sites for hydroxylation is 1. The standard InChI is InChI=1S/C22H27NO4/c1-17-6-3-4-8-21(17)26-15-13-23(2)22(24)18-9-11-19(12-10-18)27-16-20-7-5-14-25-20/h3-4,6,8-12,20H,5,7,13-16H2,1-2H3. The summed E-state index contributed by atoms with van der Waals surface area (Å²) in [6.45, 7) is 4.36. The first-order chi connectivity index (χ1) is 13.1. The van der Waals surface area contributed by atoms with Gasteiger partial charge in [-0.3, -0.25) is 4.79 Å². The summed E-state index contributed by atoms with van der Waals surface area (Å²) in [5.74, 6) is 1.58. The van der Waals surface area contributed by atoms with Crippen LogP contribution < -0.4 is 9.47 Å². The van der Waals surface area contributed by atoms with Gasteiger partial charge < -0.3 is 19.1 Å². The molecule has 0 saturated carbocycles. The molecule has 0 radical (unpaired) electrons. The first kappa shape index (κ1) is 19.2. The highest BCUT2D eigenvalue weighted by Crippen LogP contribution is 2.18. The Labute approximate surface area is 160 Å². The van der Waals surface area contributed by atoms with Crippen LogP contribution in [-0.4, -0.2) is 50.3 Å².